The van der Waals surface area contributed by atoms with Crippen LogP contribution in [0.5, 0.6) is 0 Å². The summed E-state index contributed by atoms with van der Waals surface area (Å²) in [6.45, 7) is 1.79. The number of aryl methyl sites for hydroxylation is 1. The average molecular weight is 210 g/mol. The lowest BCUT2D eigenvalue weighted by molar-refractivity contribution is -0.156. The first-order valence-electron chi connectivity index (χ1n) is 4.57. The fraction of sp³-hybridized carbons (Fsp3) is 0.364. The number of carbonyl (C=O) groups is 1. The van der Waals surface area contributed by atoms with Gasteiger partial charge < -0.3 is 14.9 Å². The second kappa shape index (κ2) is 4.91. The van der Waals surface area contributed by atoms with E-state index < -0.39 is 18.2 Å². The molecule has 1 aromatic rings. The quantitative estimate of drug-likeness (QED) is 0.715. The van der Waals surface area contributed by atoms with Crippen LogP contribution < -0.4 is 0 Å². The van der Waals surface area contributed by atoms with Crippen LogP contribution in [0.4, 0.5) is 0 Å². The minimum atomic E-state index is -1.55. The van der Waals surface area contributed by atoms with Gasteiger partial charge in [0.2, 0.25) is 0 Å². The van der Waals surface area contributed by atoms with Crippen LogP contribution >= 0.6 is 0 Å². The third kappa shape index (κ3) is 2.55. The Hall–Kier alpha value is -1.39. The molecule has 0 amide bonds. The van der Waals surface area contributed by atoms with Gasteiger partial charge >= 0.3 is 5.97 Å². The molecule has 2 atom stereocenters. The second-order valence-electron chi connectivity index (χ2n) is 3.27. The molecule has 0 unspecified atom stereocenters. The van der Waals surface area contributed by atoms with Gasteiger partial charge in [-0.05, 0) is 18.1 Å². The smallest absolute Gasteiger partial charge is 0.337 e. The minimum Gasteiger partial charge on any atom is -0.467 e. The van der Waals surface area contributed by atoms with E-state index in [-0.39, 0.29) is 0 Å². The standard InChI is InChI=1S/C11H14O4/c1-7-5-3-4-6-8(7)9(12)10(13)11(14)15-2/h3-6,9-10,12-13H,1-2H3/t9-,10+/m0/s1. The van der Waals surface area contributed by atoms with Crippen molar-refractivity contribution in [3.8, 4) is 0 Å². The number of aliphatic hydroxyl groups excluding tert-OH is 2. The maximum Gasteiger partial charge on any atom is 0.337 e. The zero-order chi connectivity index (χ0) is 11.4. The highest BCUT2D eigenvalue weighted by Crippen LogP contribution is 2.20. The number of hydrogen-bond acceptors (Lipinski definition) is 4. The van der Waals surface area contributed by atoms with Gasteiger partial charge in [0.05, 0.1) is 7.11 Å². The predicted octanol–water partition coefficient (Wildman–Crippen LogP) is 0.562. The Kier molecular flexibility index (Phi) is 3.82. The lowest BCUT2D eigenvalue weighted by atomic mass is 10.00. The number of ether oxygens (including phenoxy) is 1. The number of benzene rings is 1. The monoisotopic (exact) mass is 210 g/mol. The van der Waals surface area contributed by atoms with Crippen LogP contribution in [0, 0.1) is 6.92 Å². The molecule has 0 aromatic heterocycles. The molecule has 1 rings (SSSR count). The molecule has 0 fully saturated rings. The van der Waals surface area contributed by atoms with Crippen LogP contribution in [0.25, 0.3) is 0 Å². The van der Waals surface area contributed by atoms with E-state index in [1.807, 2.05) is 6.07 Å². The molecule has 4 nitrogen and oxygen atoms in total. The first-order chi connectivity index (χ1) is 7.07. The highest BCUT2D eigenvalue weighted by Gasteiger charge is 2.27. The summed E-state index contributed by atoms with van der Waals surface area (Å²) in [6, 6.07) is 7.00. The van der Waals surface area contributed by atoms with Gasteiger partial charge in [-0.25, -0.2) is 4.79 Å². The molecule has 0 spiro atoms. The largest absolute Gasteiger partial charge is 0.467 e. The van der Waals surface area contributed by atoms with Crippen molar-refractivity contribution in [2.24, 2.45) is 0 Å². The molecule has 1 aromatic carbocycles. The van der Waals surface area contributed by atoms with E-state index >= 15 is 0 Å². The molecular weight excluding hydrogens is 196 g/mol. The number of methoxy groups -OCH3 is 1. The fourth-order valence-corrected chi connectivity index (χ4v) is 1.34. The zero-order valence-corrected chi connectivity index (χ0v) is 8.68. The Bertz CT molecular complexity index is 348. The predicted molar refractivity (Wildman–Crippen MR) is 54.2 cm³/mol. The molecule has 0 saturated carbocycles. The Labute approximate surface area is 88.1 Å². The number of aliphatic hydroxyl groups is 2. The lowest BCUT2D eigenvalue weighted by Gasteiger charge is -2.17. The van der Waals surface area contributed by atoms with Crippen LogP contribution in [-0.2, 0) is 9.53 Å². The van der Waals surface area contributed by atoms with E-state index in [2.05, 4.69) is 4.74 Å². The molecule has 0 radical (unpaired) electrons. The lowest BCUT2D eigenvalue weighted by Crippen LogP contribution is -2.29. The SMILES string of the molecule is COC(=O)[C@H](O)[C@@H](O)c1ccccc1C. The topological polar surface area (TPSA) is 66.8 Å². The zero-order valence-electron chi connectivity index (χ0n) is 8.68. The van der Waals surface area contributed by atoms with Gasteiger partial charge in [0.1, 0.15) is 6.10 Å². The summed E-state index contributed by atoms with van der Waals surface area (Å²) in [6.07, 6.45) is -2.80. The van der Waals surface area contributed by atoms with Gasteiger partial charge in [0.15, 0.2) is 6.10 Å². The van der Waals surface area contributed by atoms with Crippen molar-refractivity contribution in [3.05, 3.63) is 35.4 Å². The third-order valence-corrected chi connectivity index (χ3v) is 2.25. The minimum absolute atomic E-state index is 0.524. The van der Waals surface area contributed by atoms with Gasteiger partial charge in [0, 0.05) is 0 Å². The summed E-state index contributed by atoms with van der Waals surface area (Å²) in [4.78, 5) is 11.0. The van der Waals surface area contributed by atoms with Gasteiger partial charge in [-0.1, -0.05) is 24.3 Å². The summed E-state index contributed by atoms with van der Waals surface area (Å²) in [7, 11) is 1.16. The summed E-state index contributed by atoms with van der Waals surface area (Å²) in [5, 5.41) is 19.2. The summed E-state index contributed by atoms with van der Waals surface area (Å²) < 4.78 is 4.35. The molecule has 2 N–H and O–H groups in total. The van der Waals surface area contributed by atoms with Crippen LogP contribution in [0.2, 0.25) is 0 Å². The van der Waals surface area contributed by atoms with Crippen molar-refractivity contribution >= 4 is 5.97 Å². The van der Waals surface area contributed by atoms with Crippen LogP contribution in [-0.4, -0.2) is 29.4 Å². The molecule has 0 aliphatic carbocycles. The van der Waals surface area contributed by atoms with E-state index in [9.17, 15) is 15.0 Å². The normalized spacial score (nSPS) is 14.4. The van der Waals surface area contributed by atoms with E-state index in [4.69, 9.17) is 0 Å². The van der Waals surface area contributed by atoms with Gasteiger partial charge in [0.25, 0.3) is 0 Å². The summed E-state index contributed by atoms with van der Waals surface area (Å²) in [5.74, 6) is -0.842. The van der Waals surface area contributed by atoms with Crippen molar-refractivity contribution in [2.75, 3.05) is 7.11 Å². The van der Waals surface area contributed by atoms with Gasteiger partial charge in [-0.3, -0.25) is 0 Å². The maximum absolute atomic E-state index is 11.0. The number of hydrogen-bond donors (Lipinski definition) is 2. The van der Waals surface area contributed by atoms with E-state index in [0.717, 1.165) is 12.7 Å². The molecule has 0 bridgehead atoms. The number of esters is 1. The van der Waals surface area contributed by atoms with Gasteiger partial charge in [-0.2, -0.15) is 0 Å². The van der Waals surface area contributed by atoms with Crippen molar-refractivity contribution < 1.29 is 19.7 Å². The van der Waals surface area contributed by atoms with Crippen molar-refractivity contribution in [3.63, 3.8) is 0 Å². The van der Waals surface area contributed by atoms with Crippen molar-refractivity contribution in [1.29, 1.82) is 0 Å². The molecule has 15 heavy (non-hydrogen) atoms. The van der Waals surface area contributed by atoms with Crippen LogP contribution in [0.1, 0.15) is 17.2 Å². The molecule has 4 heteroatoms. The molecule has 0 saturated heterocycles. The second-order valence-corrected chi connectivity index (χ2v) is 3.27. The summed E-state index contributed by atoms with van der Waals surface area (Å²) >= 11 is 0. The number of carbonyl (C=O) groups excluding carboxylic acids is 1. The van der Waals surface area contributed by atoms with Crippen molar-refractivity contribution in [2.45, 2.75) is 19.1 Å². The first kappa shape index (κ1) is 11.7. The van der Waals surface area contributed by atoms with E-state index in [1.165, 1.54) is 0 Å². The third-order valence-electron chi connectivity index (χ3n) is 2.25. The molecule has 0 heterocycles. The van der Waals surface area contributed by atoms with E-state index in [0.29, 0.717) is 5.56 Å². The average Bonchev–Trinajstić information content (AvgIpc) is 2.26. The molecular formula is C11H14O4. The molecule has 0 aliphatic heterocycles. The Balaban J connectivity index is 2.89. The summed E-state index contributed by atoms with van der Waals surface area (Å²) in [5.41, 5.74) is 1.34. The first-order valence-corrected chi connectivity index (χ1v) is 4.57. The molecule has 0 aliphatic rings. The highest BCUT2D eigenvalue weighted by molar-refractivity contribution is 5.75. The Morgan fingerprint density at radius 2 is 1.93 bits per heavy atom. The van der Waals surface area contributed by atoms with Crippen LogP contribution in [0.3, 0.4) is 0 Å². The fourth-order valence-electron chi connectivity index (χ4n) is 1.34. The van der Waals surface area contributed by atoms with Crippen molar-refractivity contribution in [1.82, 2.24) is 0 Å². The Morgan fingerprint density at radius 3 is 2.47 bits per heavy atom. The number of rotatable bonds is 3. The maximum atomic E-state index is 11.0. The highest BCUT2D eigenvalue weighted by atomic mass is 16.5. The van der Waals surface area contributed by atoms with Gasteiger partial charge in [-0.15, -0.1) is 0 Å². The van der Waals surface area contributed by atoms with Crippen LogP contribution in [0.15, 0.2) is 24.3 Å². The Morgan fingerprint density at radius 1 is 1.33 bits per heavy atom. The molecule has 82 valence electrons. The van der Waals surface area contributed by atoms with E-state index in [1.54, 1.807) is 25.1 Å².